The lowest BCUT2D eigenvalue weighted by molar-refractivity contribution is -0.125. The topological polar surface area (TPSA) is 89.1 Å². The van der Waals surface area contributed by atoms with Gasteiger partial charge in [-0.05, 0) is 42.7 Å². The summed E-state index contributed by atoms with van der Waals surface area (Å²) in [6.45, 7) is 5.37. The maximum absolute atomic E-state index is 12.8. The SMILES string of the molecule is O=C(NCc1ccc2c(c1)OCO2)C1CCCN(c2ccc(N3CCOCC3)nn2)C1. The van der Waals surface area contributed by atoms with Gasteiger partial charge in [0.05, 0.1) is 19.1 Å². The van der Waals surface area contributed by atoms with E-state index in [1.807, 2.05) is 30.3 Å². The fraction of sp³-hybridized carbons (Fsp3) is 0.500. The van der Waals surface area contributed by atoms with Crippen LogP contribution in [-0.2, 0) is 16.1 Å². The summed E-state index contributed by atoms with van der Waals surface area (Å²) in [4.78, 5) is 17.1. The van der Waals surface area contributed by atoms with Crippen LogP contribution in [0.25, 0.3) is 0 Å². The summed E-state index contributed by atoms with van der Waals surface area (Å²) in [6.07, 6.45) is 1.83. The molecule has 3 aliphatic heterocycles. The molecule has 0 radical (unpaired) electrons. The van der Waals surface area contributed by atoms with E-state index in [1.165, 1.54) is 0 Å². The van der Waals surface area contributed by atoms with Gasteiger partial charge >= 0.3 is 0 Å². The first-order valence-electron chi connectivity index (χ1n) is 10.8. The van der Waals surface area contributed by atoms with E-state index in [1.54, 1.807) is 0 Å². The maximum atomic E-state index is 12.8. The molecule has 1 N–H and O–H groups in total. The van der Waals surface area contributed by atoms with Gasteiger partial charge in [0.1, 0.15) is 0 Å². The Morgan fingerprint density at radius 1 is 1.00 bits per heavy atom. The van der Waals surface area contributed by atoms with Gasteiger partial charge in [-0.25, -0.2) is 0 Å². The molecule has 3 aliphatic rings. The number of piperidine rings is 1. The average Bonchev–Trinajstić information content (AvgIpc) is 3.31. The fourth-order valence-corrected chi connectivity index (χ4v) is 4.23. The van der Waals surface area contributed by atoms with Crippen molar-refractivity contribution in [3.8, 4) is 11.5 Å². The molecule has 9 heteroatoms. The number of benzene rings is 1. The number of hydrogen-bond donors (Lipinski definition) is 1. The number of nitrogens with zero attached hydrogens (tertiary/aromatic N) is 4. The largest absolute Gasteiger partial charge is 0.454 e. The van der Waals surface area contributed by atoms with E-state index >= 15 is 0 Å². The highest BCUT2D eigenvalue weighted by Crippen LogP contribution is 2.32. The number of carbonyl (C=O) groups excluding carboxylic acids is 1. The molecule has 31 heavy (non-hydrogen) atoms. The number of aromatic nitrogens is 2. The molecule has 0 saturated carbocycles. The summed E-state index contributed by atoms with van der Waals surface area (Å²) in [7, 11) is 0. The minimum absolute atomic E-state index is 0.0662. The number of morpholine rings is 1. The van der Waals surface area contributed by atoms with Gasteiger partial charge in [0.2, 0.25) is 12.7 Å². The third-order valence-corrected chi connectivity index (χ3v) is 5.99. The van der Waals surface area contributed by atoms with Gasteiger partial charge in [0, 0.05) is 32.7 Å². The lowest BCUT2D eigenvalue weighted by atomic mass is 9.97. The smallest absolute Gasteiger partial charge is 0.231 e. The predicted octanol–water partition coefficient (Wildman–Crippen LogP) is 1.57. The highest BCUT2D eigenvalue weighted by molar-refractivity contribution is 5.79. The third kappa shape index (κ3) is 4.51. The van der Waals surface area contributed by atoms with Gasteiger partial charge in [-0.2, -0.15) is 0 Å². The highest BCUT2D eigenvalue weighted by atomic mass is 16.7. The number of ether oxygens (including phenoxy) is 3. The third-order valence-electron chi connectivity index (χ3n) is 5.99. The zero-order valence-electron chi connectivity index (χ0n) is 17.5. The monoisotopic (exact) mass is 425 g/mol. The molecule has 0 spiro atoms. The van der Waals surface area contributed by atoms with E-state index in [-0.39, 0.29) is 18.6 Å². The van der Waals surface area contributed by atoms with Crippen molar-refractivity contribution < 1.29 is 19.0 Å². The Morgan fingerprint density at radius 2 is 1.77 bits per heavy atom. The minimum Gasteiger partial charge on any atom is -0.454 e. The van der Waals surface area contributed by atoms with Crippen molar-refractivity contribution in [2.24, 2.45) is 5.92 Å². The summed E-state index contributed by atoms with van der Waals surface area (Å²) >= 11 is 0. The number of hydrogen-bond acceptors (Lipinski definition) is 8. The standard InChI is InChI=1S/C22H27N5O4/c28-22(23-13-16-3-4-18-19(12-16)31-15-30-18)17-2-1-7-27(14-17)21-6-5-20(24-25-21)26-8-10-29-11-9-26/h3-6,12,17H,1-2,7-11,13-15H2,(H,23,28). The predicted molar refractivity (Wildman–Crippen MR) is 114 cm³/mol. The van der Waals surface area contributed by atoms with E-state index in [9.17, 15) is 4.79 Å². The number of anilines is 2. The molecule has 1 amide bonds. The summed E-state index contributed by atoms with van der Waals surface area (Å²) in [5, 5.41) is 11.9. The Hall–Kier alpha value is -3.07. The molecule has 1 atom stereocenters. The molecule has 9 nitrogen and oxygen atoms in total. The van der Waals surface area contributed by atoms with Crippen LogP contribution in [0.5, 0.6) is 11.5 Å². The van der Waals surface area contributed by atoms with Gasteiger partial charge in [-0.1, -0.05) is 6.07 Å². The molecule has 5 rings (SSSR count). The second kappa shape index (κ2) is 8.97. The number of fused-ring (bicyclic) bond motifs is 1. The van der Waals surface area contributed by atoms with E-state index in [4.69, 9.17) is 14.2 Å². The molecule has 2 saturated heterocycles. The van der Waals surface area contributed by atoms with E-state index in [2.05, 4.69) is 25.3 Å². The quantitative estimate of drug-likeness (QED) is 0.772. The Morgan fingerprint density at radius 3 is 2.58 bits per heavy atom. The number of carbonyl (C=O) groups is 1. The first-order chi connectivity index (χ1) is 15.3. The highest BCUT2D eigenvalue weighted by Gasteiger charge is 2.27. The van der Waals surface area contributed by atoms with Crippen molar-refractivity contribution in [2.45, 2.75) is 19.4 Å². The van der Waals surface area contributed by atoms with Crippen molar-refractivity contribution in [2.75, 3.05) is 56.0 Å². The zero-order chi connectivity index (χ0) is 21.0. The van der Waals surface area contributed by atoms with Gasteiger partial charge in [0.25, 0.3) is 0 Å². The van der Waals surface area contributed by atoms with Crippen LogP contribution in [0.4, 0.5) is 11.6 Å². The first kappa shape index (κ1) is 19.9. The molecular formula is C22H27N5O4. The van der Waals surface area contributed by atoms with Gasteiger partial charge < -0.3 is 29.3 Å². The summed E-state index contributed by atoms with van der Waals surface area (Å²) in [5.74, 6) is 3.18. The molecule has 0 aliphatic carbocycles. The lowest BCUT2D eigenvalue weighted by Crippen LogP contribution is -2.43. The number of amides is 1. The Balaban J connectivity index is 1.16. The zero-order valence-corrected chi connectivity index (χ0v) is 17.5. The number of rotatable bonds is 5. The van der Waals surface area contributed by atoms with Crippen LogP contribution < -0.4 is 24.6 Å². The van der Waals surface area contributed by atoms with Crippen molar-refractivity contribution in [1.82, 2.24) is 15.5 Å². The van der Waals surface area contributed by atoms with Crippen LogP contribution in [-0.4, -0.2) is 62.3 Å². The van der Waals surface area contributed by atoms with Crippen LogP contribution in [0, 0.1) is 5.92 Å². The van der Waals surface area contributed by atoms with Gasteiger partial charge in [-0.3, -0.25) is 4.79 Å². The van der Waals surface area contributed by atoms with E-state index in [0.717, 1.165) is 74.4 Å². The fourth-order valence-electron chi connectivity index (χ4n) is 4.23. The van der Waals surface area contributed by atoms with Crippen molar-refractivity contribution >= 4 is 17.5 Å². The Bertz CT molecular complexity index is 917. The van der Waals surface area contributed by atoms with Crippen LogP contribution >= 0.6 is 0 Å². The first-order valence-corrected chi connectivity index (χ1v) is 10.8. The molecule has 1 aromatic heterocycles. The van der Waals surface area contributed by atoms with Crippen molar-refractivity contribution in [3.05, 3.63) is 35.9 Å². The van der Waals surface area contributed by atoms with Gasteiger partial charge in [-0.15, -0.1) is 10.2 Å². The van der Waals surface area contributed by atoms with Crippen LogP contribution in [0.15, 0.2) is 30.3 Å². The van der Waals surface area contributed by atoms with Crippen molar-refractivity contribution in [1.29, 1.82) is 0 Å². The van der Waals surface area contributed by atoms with Gasteiger partial charge in [0.15, 0.2) is 23.1 Å². The maximum Gasteiger partial charge on any atom is 0.231 e. The minimum atomic E-state index is -0.0662. The second-order valence-corrected chi connectivity index (χ2v) is 8.04. The van der Waals surface area contributed by atoms with E-state index in [0.29, 0.717) is 13.1 Å². The molecule has 0 bridgehead atoms. The van der Waals surface area contributed by atoms with Crippen LogP contribution in [0.2, 0.25) is 0 Å². The van der Waals surface area contributed by atoms with Crippen molar-refractivity contribution in [3.63, 3.8) is 0 Å². The molecule has 2 fully saturated rings. The van der Waals surface area contributed by atoms with Crippen LogP contribution in [0.3, 0.4) is 0 Å². The average molecular weight is 425 g/mol. The molecular weight excluding hydrogens is 398 g/mol. The summed E-state index contributed by atoms with van der Waals surface area (Å²) in [6, 6.07) is 9.76. The van der Waals surface area contributed by atoms with E-state index < -0.39 is 0 Å². The summed E-state index contributed by atoms with van der Waals surface area (Å²) < 4.78 is 16.1. The molecule has 4 heterocycles. The molecule has 164 valence electrons. The Kier molecular flexibility index (Phi) is 5.75. The molecule has 1 aromatic carbocycles. The number of nitrogens with one attached hydrogen (secondary N) is 1. The molecule has 1 unspecified atom stereocenters. The summed E-state index contributed by atoms with van der Waals surface area (Å²) in [5.41, 5.74) is 0.995. The van der Waals surface area contributed by atoms with Crippen LogP contribution in [0.1, 0.15) is 18.4 Å². The normalized spacial score (nSPS) is 20.6. The lowest BCUT2D eigenvalue weighted by Gasteiger charge is -2.33. The second-order valence-electron chi connectivity index (χ2n) is 8.04. The molecule has 2 aromatic rings. The Labute approximate surface area is 181 Å².